The number of hydrogen-bond donors (Lipinski definition) is 3. The predicted octanol–water partition coefficient (Wildman–Crippen LogP) is 0.545. The fraction of sp³-hybridized carbons (Fsp3) is 0.231. The van der Waals surface area contributed by atoms with Gasteiger partial charge in [0.2, 0.25) is 11.6 Å². The third-order valence-corrected chi connectivity index (χ3v) is 2.51. The largest absolute Gasteiger partial charge is 0.382 e. The molecule has 0 aliphatic carbocycles. The summed E-state index contributed by atoms with van der Waals surface area (Å²) < 4.78 is 0. The van der Waals surface area contributed by atoms with Crippen molar-refractivity contribution < 1.29 is 4.79 Å². The minimum Gasteiger partial charge on any atom is -0.382 e. The van der Waals surface area contributed by atoms with Crippen LogP contribution in [0.1, 0.15) is 5.56 Å². The summed E-state index contributed by atoms with van der Waals surface area (Å²) in [7, 11) is 3.36. The lowest BCUT2D eigenvalue weighted by molar-refractivity contribution is -0.127. The first-order valence-electron chi connectivity index (χ1n) is 5.82. The molecule has 7 nitrogen and oxygen atoms in total. The molecule has 0 aliphatic heterocycles. The molecule has 0 saturated carbocycles. The highest BCUT2D eigenvalue weighted by Crippen LogP contribution is 2.16. The average molecular weight is 272 g/mol. The summed E-state index contributed by atoms with van der Waals surface area (Å²) in [5.41, 5.74) is 8.99. The highest BCUT2D eigenvalue weighted by Gasteiger charge is 2.09. The summed E-state index contributed by atoms with van der Waals surface area (Å²) in [5, 5.41) is 19.7. The van der Waals surface area contributed by atoms with Gasteiger partial charge in [-0.2, -0.15) is 10.4 Å². The van der Waals surface area contributed by atoms with E-state index in [0.717, 1.165) is 5.56 Å². The van der Waals surface area contributed by atoms with Crippen LogP contribution in [0, 0.1) is 16.7 Å². The molecule has 0 spiro atoms. The molecule has 0 atom stereocenters. The highest BCUT2D eigenvalue weighted by molar-refractivity contribution is 6.45. The molecular formula is C13H16N6O. The van der Waals surface area contributed by atoms with Crippen molar-refractivity contribution in [3.63, 3.8) is 0 Å². The second-order valence-corrected chi connectivity index (χ2v) is 4.22. The lowest BCUT2D eigenvalue weighted by Gasteiger charge is -2.12. The lowest BCUT2D eigenvalue weighted by Crippen LogP contribution is -2.24. The van der Waals surface area contributed by atoms with Gasteiger partial charge in [0.25, 0.3) is 0 Å². The second-order valence-electron chi connectivity index (χ2n) is 4.22. The van der Waals surface area contributed by atoms with Crippen LogP contribution in [0.5, 0.6) is 0 Å². The zero-order chi connectivity index (χ0) is 15.1. The summed E-state index contributed by atoms with van der Waals surface area (Å²) in [5.74, 6) is -0.461. The van der Waals surface area contributed by atoms with Gasteiger partial charge in [0.1, 0.15) is 6.07 Å². The van der Waals surface area contributed by atoms with Gasteiger partial charge in [-0.3, -0.25) is 15.6 Å². The Balaban J connectivity index is 2.94. The van der Waals surface area contributed by atoms with Crippen molar-refractivity contribution in [2.45, 2.75) is 6.42 Å². The molecule has 0 aliphatic rings. The third kappa shape index (κ3) is 4.10. The summed E-state index contributed by atoms with van der Waals surface area (Å²) in [6.45, 7) is 0. The third-order valence-electron chi connectivity index (χ3n) is 2.51. The van der Waals surface area contributed by atoms with Crippen LogP contribution in [-0.4, -0.2) is 36.4 Å². The molecule has 0 bridgehead atoms. The Labute approximate surface area is 117 Å². The quantitative estimate of drug-likeness (QED) is 0.412. The van der Waals surface area contributed by atoms with Gasteiger partial charge in [-0.25, -0.2) is 0 Å². The van der Waals surface area contributed by atoms with Crippen LogP contribution in [0.4, 0.5) is 5.69 Å². The van der Waals surface area contributed by atoms with Crippen molar-refractivity contribution in [2.75, 3.05) is 19.5 Å². The van der Waals surface area contributed by atoms with E-state index >= 15 is 0 Å². The smallest absolute Gasteiger partial charge is 0.226 e. The first-order valence-corrected chi connectivity index (χ1v) is 5.82. The number of carbonyl (C=O) groups is 1. The van der Waals surface area contributed by atoms with E-state index in [1.807, 2.05) is 6.07 Å². The zero-order valence-corrected chi connectivity index (χ0v) is 11.3. The number of anilines is 1. The van der Waals surface area contributed by atoms with E-state index in [4.69, 9.17) is 16.4 Å². The van der Waals surface area contributed by atoms with E-state index in [1.54, 1.807) is 38.4 Å². The van der Waals surface area contributed by atoms with E-state index in [1.165, 1.54) is 4.90 Å². The number of likely N-dealkylation sites (N-methyl/N-ethyl adjacent to an activating group) is 1. The second kappa shape index (κ2) is 6.89. The number of nitrogens with one attached hydrogen (secondary N) is 2. The molecule has 104 valence electrons. The normalized spacial score (nSPS) is 10.6. The standard InChI is InChI=1S/C13H16N6O/c1-19(2)12(20)7-9-5-3-4-6-10(9)17-18-11(8-14)13(15)16/h3-6,17H,7H2,1-2H3,(H3,15,16)/b18-11+. The Morgan fingerprint density at radius 3 is 2.70 bits per heavy atom. The Hall–Kier alpha value is -2.88. The molecular weight excluding hydrogens is 256 g/mol. The average Bonchev–Trinajstić information content (AvgIpc) is 2.40. The Morgan fingerprint density at radius 1 is 1.50 bits per heavy atom. The van der Waals surface area contributed by atoms with Crippen LogP contribution in [0.25, 0.3) is 0 Å². The molecule has 4 N–H and O–H groups in total. The van der Waals surface area contributed by atoms with Gasteiger partial charge in [-0.15, -0.1) is 0 Å². The van der Waals surface area contributed by atoms with Gasteiger partial charge in [-0.05, 0) is 11.6 Å². The number of rotatable bonds is 5. The number of nitrogens with two attached hydrogens (primary N) is 1. The lowest BCUT2D eigenvalue weighted by atomic mass is 10.1. The van der Waals surface area contributed by atoms with Crippen LogP contribution in [0.2, 0.25) is 0 Å². The Bertz CT molecular complexity index is 585. The number of nitriles is 1. The molecule has 0 fully saturated rings. The maximum Gasteiger partial charge on any atom is 0.226 e. The number of hydrazone groups is 1. The van der Waals surface area contributed by atoms with Crippen LogP contribution in [-0.2, 0) is 11.2 Å². The maximum absolute atomic E-state index is 11.7. The van der Waals surface area contributed by atoms with Crippen molar-refractivity contribution in [2.24, 2.45) is 10.8 Å². The highest BCUT2D eigenvalue weighted by atomic mass is 16.2. The van der Waals surface area contributed by atoms with Gasteiger partial charge in [0.15, 0.2) is 5.84 Å². The number of carbonyl (C=O) groups excluding carboxylic acids is 1. The molecule has 0 heterocycles. The van der Waals surface area contributed by atoms with Gasteiger partial charge in [0, 0.05) is 14.1 Å². The fourth-order valence-corrected chi connectivity index (χ4v) is 1.37. The number of amides is 1. The first kappa shape index (κ1) is 15.2. The van der Waals surface area contributed by atoms with Gasteiger partial charge >= 0.3 is 0 Å². The molecule has 20 heavy (non-hydrogen) atoms. The van der Waals surface area contributed by atoms with Crippen LogP contribution in [0.15, 0.2) is 29.4 Å². The fourth-order valence-electron chi connectivity index (χ4n) is 1.37. The molecule has 7 heteroatoms. The molecule has 0 radical (unpaired) electrons. The number of hydrogen-bond acceptors (Lipinski definition) is 5. The predicted molar refractivity (Wildman–Crippen MR) is 77.4 cm³/mol. The maximum atomic E-state index is 11.7. The van der Waals surface area contributed by atoms with E-state index in [9.17, 15) is 4.79 Å². The van der Waals surface area contributed by atoms with Crippen LogP contribution < -0.4 is 11.2 Å². The van der Waals surface area contributed by atoms with Crippen LogP contribution in [0.3, 0.4) is 0 Å². The summed E-state index contributed by atoms with van der Waals surface area (Å²) >= 11 is 0. The van der Waals surface area contributed by atoms with E-state index in [-0.39, 0.29) is 18.0 Å². The van der Waals surface area contributed by atoms with E-state index in [2.05, 4.69) is 10.5 Å². The van der Waals surface area contributed by atoms with Crippen LogP contribution >= 0.6 is 0 Å². The van der Waals surface area contributed by atoms with E-state index < -0.39 is 5.84 Å². The Kier molecular flexibility index (Phi) is 5.23. The molecule has 0 saturated heterocycles. The van der Waals surface area contributed by atoms with Crippen molar-refractivity contribution in [1.29, 1.82) is 10.7 Å². The van der Waals surface area contributed by atoms with Gasteiger partial charge < -0.3 is 10.6 Å². The number of benzene rings is 1. The number of nitrogens with zero attached hydrogens (tertiary/aromatic N) is 3. The zero-order valence-electron chi connectivity index (χ0n) is 11.3. The SMILES string of the molecule is CN(C)C(=O)Cc1ccccc1N/N=C(\C#N)C(=N)N. The van der Waals surface area contributed by atoms with Crippen molar-refractivity contribution in [3.05, 3.63) is 29.8 Å². The number of amidine groups is 1. The van der Waals surface area contributed by atoms with E-state index in [0.29, 0.717) is 5.69 Å². The minimum atomic E-state index is -0.415. The molecule has 1 rings (SSSR count). The summed E-state index contributed by atoms with van der Waals surface area (Å²) in [4.78, 5) is 13.2. The molecule has 0 aromatic heterocycles. The molecule has 1 amide bonds. The molecule has 1 aromatic rings. The van der Waals surface area contributed by atoms with Gasteiger partial charge in [0.05, 0.1) is 12.1 Å². The monoisotopic (exact) mass is 272 g/mol. The van der Waals surface area contributed by atoms with Crippen molar-refractivity contribution in [1.82, 2.24) is 4.90 Å². The minimum absolute atomic E-state index is 0.0460. The first-order chi connectivity index (χ1) is 9.45. The Morgan fingerprint density at radius 2 is 2.15 bits per heavy atom. The summed E-state index contributed by atoms with van der Waals surface area (Å²) in [6, 6.07) is 8.82. The molecule has 0 unspecified atom stereocenters. The van der Waals surface area contributed by atoms with Crippen molar-refractivity contribution >= 4 is 23.1 Å². The number of para-hydroxylation sites is 1. The topological polar surface area (TPSA) is 118 Å². The summed E-state index contributed by atoms with van der Waals surface area (Å²) in [6.07, 6.45) is 0.216. The van der Waals surface area contributed by atoms with Gasteiger partial charge in [-0.1, -0.05) is 18.2 Å². The molecule has 1 aromatic carbocycles. The van der Waals surface area contributed by atoms with Crippen molar-refractivity contribution in [3.8, 4) is 6.07 Å².